The van der Waals surface area contributed by atoms with Crippen LogP contribution < -0.4 is 16.2 Å². The van der Waals surface area contributed by atoms with E-state index >= 15 is 0 Å². The normalized spacial score (nSPS) is 10.4. The van der Waals surface area contributed by atoms with Gasteiger partial charge in [-0.05, 0) is 17.7 Å². The lowest BCUT2D eigenvalue weighted by Crippen LogP contribution is -1.97. The molecule has 4 N–H and O–H groups in total. The smallest absolute Gasteiger partial charge is 0.127 e. The van der Waals surface area contributed by atoms with Crippen LogP contribution >= 0.6 is 0 Å². The van der Waals surface area contributed by atoms with Crippen LogP contribution in [0.25, 0.3) is 11.1 Å². The summed E-state index contributed by atoms with van der Waals surface area (Å²) in [6.07, 6.45) is 1.92. The zero-order chi connectivity index (χ0) is 11.7. The first kappa shape index (κ1) is 10.4. The van der Waals surface area contributed by atoms with Crippen molar-refractivity contribution in [1.82, 2.24) is 4.57 Å². The van der Waals surface area contributed by atoms with Gasteiger partial charge in [0.25, 0.3) is 0 Å². The molecule has 0 aliphatic rings. The molecule has 1 aromatic carbocycles. The molecule has 1 aromatic heterocycles. The van der Waals surface area contributed by atoms with Crippen LogP contribution in [0.4, 0.5) is 11.5 Å². The zero-order valence-electron chi connectivity index (χ0n) is 9.40. The molecular weight excluding hydrogens is 202 g/mol. The minimum atomic E-state index is 0.589. The Bertz CT molecular complexity index is 500. The first-order valence-corrected chi connectivity index (χ1v) is 4.98. The molecule has 0 unspecified atom stereocenters. The first-order chi connectivity index (χ1) is 7.63. The Labute approximate surface area is 94.4 Å². The zero-order valence-corrected chi connectivity index (χ0v) is 9.40. The van der Waals surface area contributed by atoms with Gasteiger partial charge >= 0.3 is 0 Å². The number of nitrogens with zero attached hydrogens (tertiary/aromatic N) is 1. The van der Waals surface area contributed by atoms with E-state index < -0.39 is 0 Å². The summed E-state index contributed by atoms with van der Waals surface area (Å²) in [6, 6.07) is 7.73. The van der Waals surface area contributed by atoms with Gasteiger partial charge in [0.1, 0.15) is 11.6 Å². The molecule has 0 radical (unpaired) electrons. The quantitative estimate of drug-likeness (QED) is 0.807. The van der Waals surface area contributed by atoms with Crippen molar-refractivity contribution in [2.45, 2.75) is 0 Å². The van der Waals surface area contributed by atoms with Gasteiger partial charge in [-0.15, -0.1) is 0 Å². The Hall–Kier alpha value is -2.10. The monoisotopic (exact) mass is 217 g/mol. The topological polar surface area (TPSA) is 66.2 Å². The van der Waals surface area contributed by atoms with E-state index in [1.807, 2.05) is 42.1 Å². The summed E-state index contributed by atoms with van der Waals surface area (Å²) >= 11 is 0. The number of aromatic nitrogens is 1. The molecule has 1 heterocycles. The highest BCUT2D eigenvalue weighted by Gasteiger charge is 2.09. The number of nitrogen functional groups attached to an aromatic ring is 2. The molecule has 0 aliphatic heterocycles. The Morgan fingerprint density at radius 2 is 1.75 bits per heavy atom. The predicted molar refractivity (Wildman–Crippen MR) is 66.2 cm³/mol. The lowest BCUT2D eigenvalue weighted by Gasteiger charge is -2.02. The Balaban J connectivity index is 2.46. The van der Waals surface area contributed by atoms with E-state index in [0.29, 0.717) is 11.5 Å². The third-order valence-corrected chi connectivity index (χ3v) is 2.67. The molecule has 0 spiro atoms. The van der Waals surface area contributed by atoms with Crippen LogP contribution in [-0.2, 0) is 7.05 Å². The van der Waals surface area contributed by atoms with Crippen LogP contribution in [0.5, 0.6) is 5.75 Å². The molecule has 0 amide bonds. The summed E-state index contributed by atoms with van der Waals surface area (Å²) in [5.74, 6) is 1.41. The summed E-state index contributed by atoms with van der Waals surface area (Å²) in [4.78, 5) is 0. The fraction of sp³-hybridized carbons (Fsp3) is 0.167. The second kappa shape index (κ2) is 3.81. The molecule has 16 heavy (non-hydrogen) atoms. The highest BCUT2D eigenvalue weighted by molar-refractivity contribution is 5.83. The summed E-state index contributed by atoms with van der Waals surface area (Å²) in [6.45, 7) is 0. The van der Waals surface area contributed by atoms with E-state index in [4.69, 9.17) is 16.2 Å². The van der Waals surface area contributed by atoms with E-state index in [0.717, 1.165) is 16.9 Å². The highest BCUT2D eigenvalue weighted by atomic mass is 16.5. The number of ether oxygens (including phenoxy) is 1. The SMILES string of the molecule is COc1ccc(-c2cn(C)c(N)c2N)cc1. The van der Waals surface area contributed by atoms with Crippen LogP contribution in [0.3, 0.4) is 0 Å². The van der Waals surface area contributed by atoms with Gasteiger partial charge in [0.05, 0.1) is 12.8 Å². The number of aryl methyl sites for hydroxylation is 1. The standard InChI is InChI=1S/C12H15N3O/c1-15-7-10(11(13)12(15)14)8-3-5-9(16-2)6-4-8/h3-7H,13-14H2,1-2H3. The van der Waals surface area contributed by atoms with Crippen molar-refractivity contribution in [3.8, 4) is 16.9 Å². The van der Waals surface area contributed by atoms with Crippen molar-refractivity contribution in [2.24, 2.45) is 7.05 Å². The van der Waals surface area contributed by atoms with Crippen molar-refractivity contribution in [2.75, 3.05) is 18.6 Å². The number of anilines is 2. The minimum absolute atomic E-state index is 0.589. The van der Waals surface area contributed by atoms with Crippen molar-refractivity contribution in [1.29, 1.82) is 0 Å². The first-order valence-electron chi connectivity index (χ1n) is 4.98. The second-order valence-corrected chi connectivity index (χ2v) is 3.68. The Morgan fingerprint density at radius 3 is 2.19 bits per heavy atom. The third-order valence-electron chi connectivity index (χ3n) is 2.67. The van der Waals surface area contributed by atoms with Gasteiger partial charge in [-0.2, -0.15) is 0 Å². The lowest BCUT2D eigenvalue weighted by atomic mass is 10.1. The molecule has 0 aliphatic carbocycles. The van der Waals surface area contributed by atoms with Crippen LogP contribution in [-0.4, -0.2) is 11.7 Å². The molecule has 2 aromatic rings. The lowest BCUT2D eigenvalue weighted by molar-refractivity contribution is 0.415. The van der Waals surface area contributed by atoms with E-state index in [9.17, 15) is 0 Å². The largest absolute Gasteiger partial charge is 0.497 e. The molecule has 84 valence electrons. The fourth-order valence-corrected chi connectivity index (χ4v) is 1.66. The van der Waals surface area contributed by atoms with Crippen molar-refractivity contribution >= 4 is 11.5 Å². The Morgan fingerprint density at radius 1 is 1.12 bits per heavy atom. The molecule has 0 bridgehead atoms. The van der Waals surface area contributed by atoms with E-state index in [-0.39, 0.29) is 0 Å². The number of hydrogen-bond acceptors (Lipinski definition) is 3. The van der Waals surface area contributed by atoms with Crippen molar-refractivity contribution < 1.29 is 4.74 Å². The van der Waals surface area contributed by atoms with Crippen LogP contribution in [0.1, 0.15) is 0 Å². The van der Waals surface area contributed by atoms with Gasteiger partial charge in [0, 0.05) is 18.8 Å². The molecule has 2 rings (SSSR count). The molecule has 0 saturated carbocycles. The highest BCUT2D eigenvalue weighted by Crippen LogP contribution is 2.32. The van der Waals surface area contributed by atoms with Gasteiger partial charge in [-0.3, -0.25) is 0 Å². The van der Waals surface area contributed by atoms with E-state index in [2.05, 4.69) is 0 Å². The molecule has 4 heteroatoms. The number of nitrogens with two attached hydrogens (primary N) is 2. The maximum Gasteiger partial charge on any atom is 0.127 e. The van der Waals surface area contributed by atoms with Crippen LogP contribution in [0.15, 0.2) is 30.5 Å². The maximum atomic E-state index is 5.93. The Kier molecular flexibility index (Phi) is 2.48. The average molecular weight is 217 g/mol. The second-order valence-electron chi connectivity index (χ2n) is 3.68. The predicted octanol–water partition coefficient (Wildman–Crippen LogP) is 1.87. The fourth-order valence-electron chi connectivity index (χ4n) is 1.66. The molecule has 0 saturated heterocycles. The van der Waals surface area contributed by atoms with Gasteiger partial charge in [-0.25, -0.2) is 0 Å². The van der Waals surface area contributed by atoms with Gasteiger partial charge in [-0.1, -0.05) is 12.1 Å². The number of methoxy groups -OCH3 is 1. The number of hydrogen-bond donors (Lipinski definition) is 2. The van der Waals surface area contributed by atoms with E-state index in [1.165, 1.54) is 0 Å². The van der Waals surface area contributed by atoms with Gasteiger partial charge in [0.2, 0.25) is 0 Å². The number of benzene rings is 1. The van der Waals surface area contributed by atoms with Crippen LogP contribution in [0.2, 0.25) is 0 Å². The average Bonchev–Trinajstić information content (AvgIpc) is 2.57. The van der Waals surface area contributed by atoms with Crippen LogP contribution in [0, 0.1) is 0 Å². The number of rotatable bonds is 2. The minimum Gasteiger partial charge on any atom is -0.497 e. The summed E-state index contributed by atoms with van der Waals surface area (Å²) in [7, 11) is 3.52. The van der Waals surface area contributed by atoms with Gasteiger partial charge in [0.15, 0.2) is 0 Å². The molecule has 0 fully saturated rings. The summed E-state index contributed by atoms with van der Waals surface area (Å²) in [5, 5.41) is 0. The van der Waals surface area contributed by atoms with Crippen molar-refractivity contribution in [3.05, 3.63) is 30.5 Å². The summed E-state index contributed by atoms with van der Waals surface area (Å²) < 4.78 is 6.92. The molecule has 4 nitrogen and oxygen atoms in total. The molecular formula is C12H15N3O. The van der Waals surface area contributed by atoms with E-state index in [1.54, 1.807) is 7.11 Å². The summed E-state index contributed by atoms with van der Waals surface area (Å²) in [5.41, 5.74) is 14.3. The van der Waals surface area contributed by atoms with Crippen molar-refractivity contribution in [3.63, 3.8) is 0 Å². The molecule has 0 atom stereocenters. The maximum absolute atomic E-state index is 5.93. The third kappa shape index (κ3) is 1.58. The van der Waals surface area contributed by atoms with Gasteiger partial charge < -0.3 is 20.8 Å².